The number of hydrogen-bond acceptors (Lipinski definition) is 4. The number of nitriles is 1. The van der Waals surface area contributed by atoms with E-state index in [1.54, 1.807) is 36.4 Å². The van der Waals surface area contributed by atoms with Crippen molar-refractivity contribution >= 4 is 9.84 Å². The number of sulfone groups is 1. The molecule has 0 bridgehead atoms. The fourth-order valence-corrected chi connectivity index (χ4v) is 2.15. The minimum Gasteiger partial charge on any atom is -0.457 e. The van der Waals surface area contributed by atoms with Crippen LogP contribution in [-0.4, -0.2) is 14.7 Å². The Labute approximate surface area is 111 Å². The van der Waals surface area contributed by atoms with Crippen LogP contribution in [0.15, 0.2) is 53.4 Å². The maximum atomic E-state index is 11.3. The normalized spacial score (nSPS) is 10.7. The lowest BCUT2D eigenvalue weighted by molar-refractivity contribution is 0.482. The van der Waals surface area contributed by atoms with E-state index in [9.17, 15) is 8.42 Å². The van der Waals surface area contributed by atoms with Crippen LogP contribution in [0.4, 0.5) is 0 Å². The first-order valence-electron chi connectivity index (χ1n) is 5.47. The number of benzene rings is 2. The van der Waals surface area contributed by atoms with Gasteiger partial charge in [0, 0.05) is 6.26 Å². The van der Waals surface area contributed by atoms with Gasteiger partial charge < -0.3 is 4.74 Å². The van der Waals surface area contributed by atoms with Gasteiger partial charge in [-0.3, -0.25) is 0 Å². The Kier molecular flexibility index (Phi) is 3.54. The first-order chi connectivity index (χ1) is 8.99. The van der Waals surface area contributed by atoms with E-state index in [0.29, 0.717) is 17.1 Å². The van der Waals surface area contributed by atoms with Crippen molar-refractivity contribution in [3.63, 3.8) is 0 Å². The van der Waals surface area contributed by atoms with E-state index in [-0.39, 0.29) is 4.90 Å². The average molecular weight is 273 g/mol. The van der Waals surface area contributed by atoms with E-state index in [4.69, 9.17) is 10.00 Å². The molecule has 0 N–H and O–H groups in total. The van der Waals surface area contributed by atoms with Crippen molar-refractivity contribution < 1.29 is 13.2 Å². The second-order valence-corrected chi connectivity index (χ2v) is 6.00. The van der Waals surface area contributed by atoms with Crippen LogP contribution in [0.3, 0.4) is 0 Å². The second-order valence-electron chi connectivity index (χ2n) is 3.99. The molecule has 5 heteroatoms. The van der Waals surface area contributed by atoms with E-state index in [1.807, 2.05) is 6.07 Å². The molecule has 0 atom stereocenters. The summed E-state index contributed by atoms with van der Waals surface area (Å²) in [6.07, 6.45) is 1.15. The third kappa shape index (κ3) is 3.33. The van der Waals surface area contributed by atoms with Crippen molar-refractivity contribution in [1.82, 2.24) is 0 Å². The van der Waals surface area contributed by atoms with Gasteiger partial charge in [-0.15, -0.1) is 0 Å². The van der Waals surface area contributed by atoms with Crippen molar-refractivity contribution in [3.05, 3.63) is 54.1 Å². The molecule has 0 aliphatic carbocycles. The van der Waals surface area contributed by atoms with Crippen LogP contribution in [-0.2, 0) is 9.84 Å². The highest BCUT2D eigenvalue weighted by Gasteiger charge is 2.06. The molecule has 19 heavy (non-hydrogen) atoms. The van der Waals surface area contributed by atoms with E-state index >= 15 is 0 Å². The molecule has 0 amide bonds. The zero-order chi connectivity index (χ0) is 13.9. The monoisotopic (exact) mass is 273 g/mol. The maximum Gasteiger partial charge on any atom is 0.175 e. The topological polar surface area (TPSA) is 67.2 Å². The molecule has 0 spiro atoms. The molecule has 96 valence electrons. The molecule has 0 aromatic heterocycles. The smallest absolute Gasteiger partial charge is 0.175 e. The summed E-state index contributed by atoms with van der Waals surface area (Å²) in [7, 11) is -3.20. The summed E-state index contributed by atoms with van der Waals surface area (Å²) in [6.45, 7) is 0. The Balaban J connectivity index is 2.22. The SMILES string of the molecule is CS(=O)(=O)c1ccc(Oc2cccc(C#N)c2)cc1. The van der Waals surface area contributed by atoms with Gasteiger partial charge in [0.05, 0.1) is 16.5 Å². The first-order valence-corrected chi connectivity index (χ1v) is 7.36. The predicted molar refractivity (Wildman–Crippen MR) is 70.8 cm³/mol. The molecule has 2 rings (SSSR count). The standard InChI is InChI=1S/C14H11NO3S/c1-19(16,17)14-7-5-12(6-8-14)18-13-4-2-3-11(9-13)10-15/h2-9H,1H3. The van der Waals surface area contributed by atoms with Gasteiger partial charge in [-0.25, -0.2) is 8.42 Å². The quantitative estimate of drug-likeness (QED) is 0.862. The maximum absolute atomic E-state index is 11.3. The van der Waals surface area contributed by atoms with Crippen molar-refractivity contribution in [1.29, 1.82) is 5.26 Å². The lowest BCUT2D eigenvalue weighted by atomic mass is 10.2. The van der Waals surface area contributed by atoms with Crippen LogP contribution in [0.1, 0.15) is 5.56 Å². The lowest BCUT2D eigenvalue weighted by Crippen LogP contribution is -1.96. The minimum atomic E-state index is -3.20. The fraction of sp³-hybridized carbons (Fsp3) is 0.0714. The van der Waals surface area contributed by atoms with Gasteiger partial charge in [0.2, 0.25) is 0 Å². The van der Waals surface area contributed by atoms with Gasteiger partial charge in [-0.2, -0.15) is 5.26 Å². The van der Waals surface area contributed by atoms with Crippen LogP contribution in [0.5, 0.6) is 11.5 Å². The van der Waals surface area contributed by atoms with Crippen LogP contribution in [0.25, 0.3) is 0 Å². The van der Waals surface area contributed by atoms with Crippen molar-refractivity contribution in [3.8, 4) is 17.6 Å². The Morgan fingerprint density at radius 3 is 2.32 bits per heavy atom. The molecule has 0 unspecified atom stereocenters. The number of ether oxygens (including phenoxy) is 1. The predicted octanol–water partition coefficient (Wildman–Crippen LogP) is 2.75. The molecule has 0 heterocycles. The van der Waals surface area contributed by atoms with E-state index < -0.39 is 9.84 Å². The molecular formula is C14H11NO3S. The zero-order valence-corrected chi connectivity index (χ0v) is 11.0. The summed E-state index contributed by atoms with van der Waals surface area (Å²) in [6, 6.07) is 14.9. The average Bonchev–Trinajstić information content (AvgIpc) is 2.38. The molecule has 0 aliphatic rings. The van der Waals surface area contributed by atoms with Gasteiger partial charge in [-0.05, 0) is 42.5 Å². The number of hydrogen-bond donors (Lipinski definition) is 0. The fourth-order valence-electron chi connectivity index (χ4n) is 1.52. The summed E-state index contributed by atoms with van der Waals surface area (Å²) < 4.78 is 28.2. The van der Waals surface area contributed by atoms with Crippen LogP contribution >= 0.6 is 0 Å². The lowest BCUT2D eigenvalue weighted by Gasteiger charge is -2.06. The summed E-state index contributed by atoms with van der Waals surface area (Å²) in [5.41, 5.74) is 0.505. The highest BCUT2D eigenvalue weighted by molar-refractivity contribution is 7.90. The van der Waals surface area contributed by atoms with E-state index in [0.717, 1.165) is 6.26 Å². The van der Waals surface area contributed by atoms with Crippen molar-refractivity contribution in [2.75, 3.05) is 6.26 Å². The highest BCUT2D eigenvalue weighted by Crippen LogP contribution is 2.23. The molecule has 0 saturated heterocycles. The summed E-state index contributed by atoms with van der Waals surface area (Å²) in [5, 5.41) is 8.78. The molecule has 0 saturated carbocycles. The molecule has 0 aliphatic heterocycles. The third-order valence-electron chi connectivity index (χ3n) is 2.45. The Morgan fingerprint density at radius 1 is 1.05 bits per heavy atom. The van der Waals surface area contributed by atoms with Gasteiger partial charge in [0.15, 0.2) is 9.84 Å². The highest BCUT2D eigenvalue weighted by atomic mass is 32.2. The molecular weight excluding hydrogens is 262 g/mol. The Morgan fingerprint density at radius 2 is 1.74 bits per heavy atom. The molecule has 2 aromatic carbocycles. The molecule has 0 fully saturated rings. The molecule has 4 nitrogen and oxygen atoms in total. The third-order valence-corrected chi connectivity index (χ3v) is 3.58. The van der Waals surface area contributed by atoms with Gasteiger partial charge in [0.1, 0.15) is 11.5 Å². The van der Waals surface area contributed by atoms with Crippen LogP contribution in [0.2, 0.25) is 0 Å². The number of nitrogens with zero attached hydrogens (tertiary/aromatic N) is 1. The largest absolute Gasteiger partial charge is 0.457 e. The van der Waals surface area contributed by atoms with Gasteiger partial charge in [-0.1, -0.05) is 6.07 Å². The molecule has 2 aromatic rings. The van der Waals surface area contributed by atoms with Gasteiger partial charge in [0.25, 0.3) is 0 Å². The summed E-state index contributed by atoms with van der Waals surface area (Å²) in [5.74, 6) is 1.05. The Bertz CT molecular complexity index is 728. The Hall–Kier alpha value is -2.32. The number of rotatable bonds is 3. The van der Waals surface area contributed by atoms with E-state index in [1.165, 1.54) is 12.1 Å². The zero-order valence-electron chi connectivity index (χ0n) is 10.2. The first kappa shape index (κ1) is 13.1. The van der Waals surface area contributed by atoms with E-state index in [2.05, 4.69) is 0 Å². The van der Waals surface area contributed by atoms with Crippen LogP contribution < -0.4 is 4.74 Å². The molecule has 0 radical (unpaired) electrons. The van der Waals surface area contributed by atoms with Gasteiger partial charge >= 0.3 is 0 Å². The second kappa shape index (κ2) is 5.12. The summed E-state index contributed by atoms with van der Waals surface area (Å²) >= 11 is 0. The van der Waals surface area contributed by atoms with Crippen molar-refractivity contribution in [2.24, 2.45) is 0 Å². The minimum absolute atomic E-state index is 0.241. The van der Waals surface area contributed by atoms with Crippen LogP contribution in [0, 0.1) is 11.3 Å². The summed E-state index contributed by atoms with van der Waals surface area (Å²) in [4.78, 5) is 0.241. The van der Waals surface area contributed by atoms with Crippen molar-refractivity contribution in [2.45, 2.75) is 4.90 Å².